The van der Waals surface area contributed by atoms with Crippen LogP contribution >= 0.6 is 0 Å². The number of aromatic nitrogens is 1. The summed E-state index contributed by atoms with van der Waals surface area (Å²) in [5.74, 6) is 0.125. The largest absolute Gasteiger partial charge is 0.455 e. The topological polar surface area (TPSA) is 130 Å². The normalized spacial score (nSPS) is 13.0. The quantitative estimate of drug-likeness (QED) is 0.121. The lowest BCUT2D eigenvalue weighted by atomic mass is 9.98. The van der Waals surface area contributed by atoms with Crippen LogP contribution in [0.1, 0.15) is 38.2 Å². The van der Waals surface area contributed by atoms with E-state index in [4.69, 9.17) is 15.7 Å². The molecule has 0 unspecified atom stereocenters. The van der Waals surface area contributed by atoms with Gasteiger partial charge in [-0.25, -0.2) is 0 Å². The molecule has 4 rings (SSSR count). The van der Waals surface area contributed by atoms with Crippen LogP contribution in [0.2, 0.25) is 0 Å². The number of nitrogens with two attached hydrogens (primary N) is 1. The Kier molecular flexibility index (Phi) is 6.56. The van der Waals surface area contributed by atoms with Gasteiger partial charge in [0.25, 0.3) is 0 Å². The second kappa shape index (κ2) is 9.61. The van der Waals surface area contributed by atoms with Gasteiger partial charge >= 0.3 is 6.18 Å². The van der Waals surface area contributed by atoms with Crippen molar-refractivity contribution in [2.24, 2.45) is 16.1 Å². The van der Waals surface area contributed by atoms with Gasteiger partial charge < -0.3 is 15.5 Å². The second-order valence-electron chi connectivity index (χ2n) is 8.04. The molecular formula is C25H25F3N6O2. The zero-order valence-corrected chi connectivity index (χ0v) is 19.2. The summed E-state index contributed by atoms with van der Waals surface area (Å²) in [5.41, 5.74) is 12.7. The average Bonchev–Trinajstić information content (AvgIpc) is 2.86. The molecule has 0 aliphatic heterocycles. The Balaban J connectivity index is 0.00000253. The van der Waals surface area contributed by atoms with Crippen LogP contribution in [0.25, 0.3) is 22.3 Å². The molecule has 11 heteroatoms. The first kappa shape index (κ1) is 24.6. The van der Waals surface area contributed by atoms with E-state index in [9.17, 15) is 18.0 Å². The molecule has 2 aromatic heterocycles. The van der Waals surface area contributed by atoms with E-state index in [1.54, 1.807) is 49.4 Å². The zero-order valence-electron chi connectivity index (χ0n) is 19.2. The van der Waals surface area contributed by atoms with Gasteiger partial charge in [-0.1, -0.05) is 35.6 Å². The Labute approximate surface area is 206 Å². The van der Waals surface area contributed by atoms with E-state index in [2.05, 4.69) is 20.6 Å². The highest BCUT2D eigenvalue weighted by molar-refractivity contribution is 6.00. The first-order valence-electron chi connectivity index (χ1n) is 10.8. The number of nitrogens with one attached hydrogen (secondary N) is 2. The molecule has 0 saturated carbocycles. The number of hydrogen-bond acceptors (Lipinski definition) is 6. The molecule has 0 fully saturated rings. The maximum Gasteiger partial charge on any atom is 0.416 e. The van der Waals surface area contributed by atoms with Gasteiger partial charge in [-0.3, -0.25) is 9.78 Å². The van der Waals surface area contributed by atoms with E-state index in [0.29, 0.717) is 11.3 Å². The lowest BCUT2D eigenvalue weighted by Gasteiger charge is -2.21. The summed E-state index contributed by atoms with van der Waals surface area (Å²) < 4.78 is 47.5. The number of rotatable bonds is 6. The Bertz CT molecular complexity index is 1540. The highest BCUT2D eigenvalue weighted by atomic mass is 19.4. The number of pyridine rings is 1. The van der Waals surface area contributed by atoms with Gasteiger partial charge in [0.1, 0.15) is 17.0 Å². The van der Waals surface area contributed by atoms with Gasteiger partial charge in [-0.05, 0) is 38.1 Å². The average molecular weight is 499 g/mol. The summed E-state index contributed by atoms with van der Waals surface area (Å²) in [6, 6.07) is 13.1. The molecule has 0 radical (unpaired) electrons. The summed E-state index contributed by atoms with van der Waals surface area (Å²) in [6.45, 7) is 3.15. The monoisotopic (exact) mass is 498 g/mol. The molecule has 0 spiro atoms. The number of alkyl halides is 3. The first-order valence-corrected chi connectivity index (χ1v) is 10.8. The van der Waals surface area contributed by atoms with E-state index >= 15 is 0 Å². The molecule has 1 atom stereocenters. The summed E-state index contributed by atoms with van der Waals surface area (Å²) in [4.78, 5) is 17.4. The fourth-order valence-electron chi connectivity index (χ4n) is 3.91. The van der Waals surface area contributed by atoms with Crippen molar-refractivity contribution in [3.05, 3.63) is 93.4 Å². The minimum absolute atomic E-state index is 0. The molecule has 0 amide bonds. The first-order chi connectivity index (χ1) is 17.1. The van der Waals surface area contributed by atoms with E-state index in [0.717, 1.165) is 12.1 Å². The minimum atomic E-state index is -4.69. The molecule has 0 bridgehead atoms. The molecular weight excluding hydrogens is 473 g/mol. The van der Waals surface area contributed by atoms with E-state index < -0.39 is 23.2 Å². The number of fused-ring (bicyclic) bond motifs is 1. The van der Waals surface area contributed by atoms with Crippen molar-refractivity contribution >= 4 is 22.5 Å². The van der Waals surface area contributed by atoms with Gasteiger partial charge in [0.2, 0.25) is 0 Å². The van der Waals surface area contributed by atoms with Crippen LogP contribution in [-0.2, 0) is 6.18 Å². The zero-order chi connectivity index (χ0) is 26.0. The fourth-order valence-corrected chi connectivity index (χ4v) is 3.91. The van der Waals surface area contributed by atoms with Crippen molar-refractivity contribution in [2.45, 2.75) is 26.1 Å². The molecule has 188 valence electrons. The van der Waals surface area contributed by atoms with Crippen LogP contribution in [0.15, 0.2) is 80.3 Å². The van der Waals surface area contributed by atoms with Gasteiger partial charge in [0.15, 0.2) is 11.3 Å². The molecule has 2 heterocycles. The smallest absolute Gasteiger partial charge is 0.416 e. The number of halogens is 3. The standard InChI is InChI=1S/C25H21F3N6O2.2H2/c1-13-21(35)18-12-16(25(26,27)28)11-17(23(18)36-22(13)15-7-4-3-5-8-15)14(2)32-19-9-6-10-31-20(19)24(29)33-34-30;;/h3-12,14,32H,1-2H3,(H3,29,30,33);2*1H/t14-;;/m1../s1. The summed E-state index contributed by atoms with van der Waals surface area (Å²) in [5, 5.41) is 9.27. The third-order valence-corrected chi connectivity index (χ3v) is 5.66. The maximum absolute atomic E-state index is 13.8. The van der Waals surface area contributed by atoms with Crippen molar-refractivity contribution in [3.8, 4) is 11.3 Å². The molecule has 8 nitrogen and oxygen atoms in total. The fraction of sp³-hybridized carbons (Fsp3) is 0.160. The summed E-state index contributed by atoms with van der Waals surface area (Å²) >= 11 is 0. The highest BCUT2D eigenvalue weighted by Crippen LogP contribution is 2.37. The molecule has 0 aliphatic carbocycles. The number of anilines is 1. The van der Waals surface area contributed by atoms with Crippen molar-refractivity contribution in [1.29, 1.82) is 5.53 Å². The van der Waals surface area contributed by atoms with Crippen molar-refractivity contribution in [1.82, 2.24) is 4.98 Å². The third-order valence-electron chi connectivity index (χ3n) is 5.66. The van der Waals surface area contributed by atoms with Crippen molar-refractivity contribution in [2.75, 3.05) is 5.32 Å². The minimum Gasteiger partial charge on any atom is -0.455 e. The predicted octanol–water partition coefficient (Wildman–Crippen LogP) is 6.50. The van der Waals surface area contributed by atoms with Crippen LogP contribution < -0.4 is 16.5 Å². The lowest BCUT2D eigenvalue weighted by Crippen LogP contribution is -2.19. The van der Waals surface area contributed by atoms with Gasteiger partial charge in [0.05, 0.1) is 22.7 Å². The SMILES string of the molecule is Cc1c(-c2ccccc2)oc2c([C@@H](C)Nc3cccnc3/C(N)=N/N=N)cc(C(F)(F)F)cc2c1=O.[HH].[HH]. The molecule has 36 heavy (non-hydrogen) atoms. The third kappa shape index (κ3) is 4.67. The van der Waals surface area contributed by atoms with Crippen LogP contribution in [-0.4, -0.2) is 10.8 Å². The lowest BCUT2D eigenvalue weighted by molar-refractivity contribution is -0.137. The number of nitrogens with zero attached hydrogens (tertiary/aromatic N) is 3. The second-order valence-corrected chi connectivity index (χ2v) is 8.04. The Morgan fingerprint density at radius 1 is 1.19 bits per heavy atom. The molecule has 0 aliphatic rings. The Hall–Kier alpha value is -4.54. The predicted molar refractivity (Wildman–Crippen MR) is 134 cm³/mol. The van der Waals surface area contributed by atoms with E-state index in [1.165, 1.54) is 13.1 Å². The van der Waals surface area contributed by atoms with Crippen LogP contribution in [0.4, 0.5) is 18.9 Å². The molecule has 0 saturated heterocycles. The van der Waals surface area contributed by atoms with Gasteiger partial charge in [-0.15, -0.1) is 5.10 Å². The number of amidine groups is 1. The molecule has 2 aromatic carbocycles. The highest BCUT2D eigenvalue weighted by Gasteiger charge is 2.33. The van der Waals surface area contributed by atoms with Crippen LogP contribution in [0, 0.1) is 12.5 Å². The number of hydrogen-bond donors (Lipinski definition) is 3. The Morgan fingerprint density at radius 2 is 1.92 bits per heavy atom. The summed E-state index contributed by atoms with van der Waals surface area (Å²) in [7, 11) is 0. The molecule has 4 aromatic rings. The van der Waals surface area contributed by atoms with Gasteiger partial charge in [-0.2, -0.15) is 18.7 Å². The van der Waals surface area contributed by atoms with Gasteiger partial charge in [0, 0.05) is 25.7 Å². The summed E-state index contributed by atoms with van der Waals surface area (Å²) in [6.07, 6.45) is -3.24. The maximum atomic E-state index is 13.8. The van der Waals surface area contributed by atoms with Crippen molar-refractivity contribution < 1.29 is 20.4 Å². The van der Waals surface area contributed by atoms with E-state index in [1.807, 2.05) is 0 Å². The van der Waals surface area contributed by atoms with Crippen molar-refractivity contribution in [3.63, 3.8) is 0 Å². The van der Waals surface area contributed by atoms with Crippen LogP contribution in [0.3, 0.4) is 0 Å². The number of benzene rings is 2. The molecule has 4 N–H and O–H groups in total. The van der Waals surface area contributed by atoms with E-state index in [-0.39, 0.29) is 42.2 Å². The van der Waals surface area contributed by atoms with Crippen LogP contribution in [0.5, 0.6) is 0 Å². The Morgan fingerprint density at radius 3 is 2.58 bits per heavy atom.